The fourth-order valence-corrected chi connectivity index (χ4v) is 6.72. The summed E-state index contributed by atoms with van der Waals surface area (Å²) in [6, 6.07) is 19.3. The number of carbonyl (C=O) groups is 1. The zero-order valence-electron chi connectivity index (χ0n) is 27.5. The largest absolute Gasteiger partial charge is 0.492 e. The van der Waals surface area contributed by atoms with Crippen LogP contribution in [0.1, 0.15) is 41.2 Å². The number of thiophene rings is 1. The van der Waals surface area contributed by atoms with E-state index in [2.05, 4.69) is 47.6 Å². The number of fused-ring (bicyclic) bond motifs is 1. The molecule has 5 aromatic rings. The third-order valence-corrected chi connectivity index (χ3v) is 9.37. The number of hydrogen-bond donors (Lipinski definition) is 4. The minimum atomic E-state index is -0.306. The molecule has 0 bridgehead atoms. The van der Waals surface area contributed by atoms with Crippen molar-refractivity contribution in [2.24, 2.45) is 0 Å². The second-order valence-corrected chi connectivity index (χ2v) is 12.6. The normalized spacial score (nSPS) is 13.7. The molecular weight excluding hydrogens is 623 g/mol. The van der Waals surface area contributed by atoms with Gasteiger partial charge in [0, 0.05) is 66.4 Å². The van der Waals surface area contributed by atoms with Gasteiger partial charge in [0.05, 0.1) is 33.7 Å². The van der Waals surface area contributed by atoms with Crippen molar-refractivity contribution in [2.45, 2.75) is 27.3 Å². The average molecular weight is 664 g/mol. The quantitative estimate of drug-likeness (QED) is 0.106. The number of anilines is 4. The molecule has 4 heterocycles. The molecule has 1 amide bonds. The molecule has 1 fully saturated rings. The van der Waals surface area contributed by atoms with Crippen molar-refractivity contribution < 1.29 is 9.53 Å². The molecule has 0 spiro atoms. The number of carbonyl (C=O) groups excluding carboxylic acids is 1. The predicted octanol–water partition coefficient (Wildman–Crippen LogP) is 6.41. The lowest BCUT2D eigenvalue weighted by Crippen LogP contribution is -2.47. The van der Waals surface area contributed by atoms with Crippen LogP contribution < -0.4 is 20.7 Å². The highest BCUT2D eigenvalue weighted by atomic mass is 32.1. The van der Waals surface area contributed by atoms with E-state index in [-0.39, 0.29) is 5.91 Å². The van der Waals surface area contributed by atoms with Gasteiger partial charge in [-0.2, -0.15) is 0 Å². The minimum absolute atomic E-state index is 0.306. The smallest absolute Gasteiger partial charge is 0.258 e. The number of nitrogens with zero attached hydrogens (tertiary/aromatic N) is 5. The zero-order valence-corrected chi connectivity index (χ0v) is 28.4. The third-order valence-electron chi connectivity index (χ3n) is 8.40. The summed E-state index contributed by atoms with van der Waals surface area (Å²) in [6.45, 7) is 13.5. The first-order valence-electron chi connectivity index (χ1n) is 16.2. The van der Waals surface area contributed by atoms with Crippen LogP contribution in [0, 0.1) is 12.3 Å². The fourth-order valence-electron chi connectivity index (χ4n) is 5.78. The molecule has 0 unspecified atom stereocenters. The average Bonchev–Trinajstić information content (AvgIpc) is 3.54. The van der Waals surface area contributed by atoms with E-state index >= 15 is 0 Å². The molecule has 1 aliphatic heterocycles. The number of nitrogens with one attached hydrogen (secondary N) is 4. The molecule has 1 saturated heterocycles. The molecule has 4 N–H and O–H groups in total. The molecule has 0 aliphatic carbocycles. The van der Waals surface area contributed by atoms with Crippen molar-refractivity contribution >= 4 is 56.1 Å². The van der Waals surface area contributed by atoms with E-state index in [1.54, 1.807) is 18.4 Å². The van der Waals surface area contributed by atoms with Crippen molar-refractivity contribution in [3.05, 3.63) is 94.9 Å². The Balaban J connectivity index is 1.10. The lowest BCUT2D eigenvalue weighted by atomic mass is 10.1. The highest BCUT2D eigenvalue weighted by molar-refractivity contribution is 7.18. The first kappa shape index (κ1) is 33.0. The van der Waals surface area contributed by atoms with Crippen LogP contribution in [0.2, 0.25) is 0 Å². The Morgan fingerprint density at radius 2 is 1.73 bits per heavy atom. The van der Waals surface area contributed by atoms with Crippen molar-refractivity contribution in [3.8, 4) is 5.75 Å². The number of aryl methyl sites for hydroxylation is 1. The Hall–Kier alpha value is -4.91. The predicted molar refractivity (Wildman–Crippen MR) is 194 cm³/mol. The van der Waals surface area contributed by atoms with E-state index in [1.807, 2.05) is 61.5 Å². The second-order valence-electron chi connectivity index (χ2n) is 11.8. The summed E-state index contributed by atoms with van der Waals surface area (Å²) < 4.78 is 6.79. The maximum Gasteiger partial charge on any atom is 0.258 e. The number of pyridine rings is 1. The number of ether oxygens (including phenoxy) is 1. The van der Waals surface area contributed by atoms with Crippen LogP contribution in [0.3, 0.4) is 0 Å². The van der Waals surface area contributed by atoms with Crippen LogP contribution >= 0.6 is 11.3 Å². The number of amides is 1. The van der Waals surface area contributed by atoms with E-state index in [4.69, 9.17) is 10.1 Å². The second kappa shape index (κ2) is 15.3. The van der Waals surface area contributed by atoms with Crippen LogP contribution in [-0.4, -0.2) is 82.2 Å². The summed E-state index contributed by atoms with van der Waals surface area (Å²) in [6.07, 6.45) is 1.46. The van der Waals surface area contributed by atoms with Gasteiger partial charge in [-0.15, -0.1) is 11.3 Å². The van der Waals surface area contributed by atoms with Gasteiger partial charge in [-0.3, -0.25) is 14.7 Å². The van der Waals surface area contributed by atoms with Crippen molar-refractivity contribution in [1.82, 2.24) is 24.8 Å². The summed E-state index contributed by atoms with van der Waals surface area (Å²) in [5.41, 5.74) is 5.93. The number of benzene rings is 2. The first-order chi connectivity index (χ1) is 23.4. The van der Waals surface area contributed by atoms with Gasteiger partial charge < -0.3 is 31.0 Å². The summed E-state index contributed by atoms with van der Waals surface area (Å²) in [4.78, 5) is 32.0. The molecule has 12 heteroatoms. The van der Waals surface area contributed by atoms with Gasteiger partial charge in [0.2, 0.25) is 0 Å². The molecule has 248 valence electrons. The van der Waals surface area contributed by atoms with Crippen molar-refractivity contribution in [3.63, 3.8) is 0 Å². The zero-order chi connectivity index (χ0) is 33.5. The van der Waals surface area contributed by atoms with E-state index in [0.29, 0.717) is 47.0 Å². The minimum Gasteiger partial charge on any atom is -0.492 e. The Morgan fingerprint density at radius 3 is 2.48 bits per heavy atom. The molecule has 0 saturated carbocycles. The molecule has 48 heavy (non-hydrogen) atoms. The molecular formula is C36H41N9O2S. The van der Waals surface area contributed by atoms with Gasteiger partial charge in [0.15, 0.2) is 5.82 Å². The molecule has 2 aromatic carbocycles. The topological polar surface area (TPSA) is 131 Å². The Labute approximate surface area is 284 Å². The number of aromatic nitrogens is 3. The Morgan fingerprint density at radius 1 is 0.979 bits per heavy atom. The van der Waals surface area contributed by atoms with Crippen LogP contribution in [-0.2, 0) is 6.54 Å². The lowest BCUT2D eigenvalue weighted by molar-refractivity contribution is 0.102. The Bertz CT molecular complexity index is 1880. The van der Waals surface area contributed by atoms with Crippen molar-refractivity contribution in [1.29, 1.82) is 5.41 Å². The summed E-state index contributed by atoms with van der Waals surface area (Å²) in [5, 5.41) is 20.0. The first-order valence-corrected chi connectivity index (χ1v) is 17.1. The van der Waals surface area contributed by atoms with E-state index in [9.17, 15) is 4.79 Å². The number of hydrogen-bond acceptors (Lipinski definition) is 11. The molecule has 1 aliphatic rings. The maximum absolute atomic E-state index is 13.6. The van der Waals surface area contributed by atoms with Crippen LogP contribution in [0.5, 0.6) is 5.75 Å². The monoisotopic (exact) mass is 663 g/mol. The van der Waals surface area contributed by atoms with Gasteiger partial charge in [-0.25, -0.2) is 9.97 Å². The molecule has 0 atom stereocenters. The van der Waals surface area contributed by atoms with Gasteiger partial charge >= 0.3 is 0 Å². The highest BCUT2D eigenvalue weighted by Gasteiger charge is 2.20. The van der Waals surface area contributed by atoms with Gasteiger partial charge in [-0.05, 0) is 68.9 Å². The van der Waals surface area contributed by atoms with Gasteiger partial charge in [0.25, 0.3) is 5.91 Å². The molecule has 3 aromatic heterocycles. The van der Waals surface area contributed by atoms with Gasteiger partial charge in [0.1, 0.15) is 18.7 Å². The highest BCUT2D eigenvalue weighted by Crippen LogP contribution is 2.33. The van der Waals surface area contributed by atoms with Crippen LogP contribution in [0.15, 0.2) is 72.4 Å². The Kier molecular flexibility index (Phi) is 10.5. The van der Waals surface area contributed by atoms with E-state index < -0.39 is 0 Å². The van der Waals surface area contributed by atoms with E-state index in [1.165, 1.54) is 17.7 Å². The third kappa shape index (κ3) is 7.96. The lowest BCUT2D eigenvalue weighted by Gasteiger charge is -2.33. The fraction of sp³-hybridized carbons (Fsp3) is 0.306. The SMILES string of the molecule is CCN1CCN(CCOc2ccc(Nc3ncnc4c(C(=O)Nc5cccc(NCc6cccc(C)n6)c5C(C)=N)csc34)cc2)CC1. The van der Waals surface area contributed by atoms with Crippen LogP contribution in [0.25, 0.3) is 10.2 Å². The summed E-state index contributed by atoms with van der Waals surface area (Å²) in [5.74, 6) is 1.14. The summed E-state index contributed by atoms with van der Waals surface area (Å²) in [7, 11) is 0. The van der Waals surface area contributed by atoms with Crippen LogP contribution in [0.4, 0.5) is 22.9 Å². The van der Waals surface area contributed by atoms with Gasteiger partial charge in [-0.1, -0.05) is 19.1 Å². The molecule has 0 radical (unpaired) electrons. The standard InChI is InChI=1S/C36H41N9O2S/c1-4-44-15-17-45(18-16-44)19-20-47-28-13-11-26(12-14-28)42-35-34-33(39-23-40-35)29(22-48-34)36(46)43-31-10-6-9-30(32(31)25(3)37)38-21-27-8-5-7-24(2)41-27/h5-14,22-23,37-38H,4,15-21H2,1-3H3,(H,43,46)(H,39,40,42). The maximum atomic E-state index is 13.6. The van der Waals surface area contributed by atoms with Crippen molar-refractivity contribution in [2.75, 3.05) is 61.8 Å². The van der Waals surface area contributed by atoms with E-state index in [0.717, 1.165) is 72.5 Å². The number of piperazine rings is 1. The number of likely N-dealkylation sites (N-methyl/N-ethyl adjacent to an activating group) is 1. The number of rotatable bonds is 13. The molecule has 11 nitrogen and oxygen atoms in total. The summed E-state index contributed by atoms with van der Waals surface area (Å²) >= 11 is 1.41. The molecule has 6 rings (SSSR count).